The van der Waals surface area contributed by atoms with Crippen molar-refractivity contribution in [1.82, 2.24) is 4.90 Å². The molecule has 3 unspecified atom stereocenters. The molecule has 1 saturated heterocycles. The minimum absolute atomic E-state index is 0.00644. The van der Waals surface area contributed by atoms with Gasteiger partial charge in [-0.25, -0.2) is 0 Å². The molecule has 1 fully saturated rings. The highest BCUT2D eigenvalue weighted by atomic mass is 16.5. The van der Waals surface area contributed by atoms with E-state index in [0.29, 0.717) is 18.8 Å². The molecule has 0 radical (unpaired) electrons. The molecule has 4 heteroatoms. The summed E-state index contributed by atoms with van der Waals surface area (Å²) in [6, 6.07) is 7.94. The summed E-state index contributed by atoms with van der Waals surface area (Å²) in [6.07, 6.45) is -0.0200. The third-order valence-corrected chi connectivity index (χ3v) is 4.60. The summed E-state index contributed by atoms with van der Waals surface area (Å²) in [7, 11) is 0. The van der Waals surface area contributed by atoms with E-state index in [9.17, 15) is 9.90 Å². The summed E-state index contributed by atoms with van der Waals surface area (Å²) in [4.78, 5) is 14.3. The number of rotatable bonds is 4. The first-order valence-electron chi connectivity index (χ1n) is 8.42. The Labute approximate surface area is 139 Å². The molecule has 1 aliphatic heterocycles. The molecule has 1 aromatic rings. The minimum Gasteiger partial charge on any atom is -0.481 e. The average Bonchev–Trinajstić information content (AvgIpc) is 2.96. The topological polar surface area (TPSA) is 49.8 Å². The Kier molecular flexibility index (Phi) is 5.35. The van der Waals surface area contributed by atoms with Crippen LogP contribution in [0.1, 0.15) is 46.6 Å². The maximum atomic E-state index is 12.5. The number of carbonyl (C=O) groups excluding carboxylic acids is 1. The highest BCUT2D eigenvalue weighted by Gasteiger charge is 2.31. The molecule has 1 aliphatic rings. The number of aliphatic hydroxyl groups is 1. The van der Waals surface area contributed by atoms with Crippen LogP contribution < -0.4 is 4.74 Å². The lowest BCUT2D eigenvalue weighted by Crippen LogP contribution is -2.39. The number of likely N-dealkylation sites (tertiary alicyclic amines) is 1. The van der Waals surface area contributed by atoms with Crippen LogP contribution in [0.4, 0.5) is 0 Å². The van der Waals surface area contributed by atoms with Crippen LogP contribution in [0.5, 0.6) is 5.75 Å². The van der Waals surface area contributed by atoms with E-state index in [1.54, 1.807) is 18.7 Å². The normalized spacial score (nSPS) is 21.1. The van der Waals surface area contributed by atoms with E-state index in [4.69, 9.17) is 4.74 Å². The van der Waals surface area contributed by atoms with Gasteiger partial charge in [-0.2, -0.15) is 0 Å². The summed E-state index contributed by atoms with van der Waals surface area (Å²) < 4.78 is 5.80. The van der Waals surface area contributed by atoms with Crippen molar-refractivity contribution < 1.29 is 14.6 Å². The van der Waals surface area contributed by atoms with Gasteiger partial charge in [0.15, 0.2) is 6.10 Å². The van der Waals surface area contributed by atoms with Crippen LogP contribution in [-0.2, 0) is 10.2 Å². The van der Waals surface area contributed by atoms with Gasteiger partial charge in [0.25, 0.3) is 5.91 Å². The molecule has 1 aromatic carbocycles. The van der Waals surface area contributed by atoms with Gasteiger partial charge < -0.3 is 14.7 Å². The van der Waals surface area contributed by atoms with Crippen molar-refractivity contribution in [1.29, 1.82) is 0 Å². The van der Waals surface area contributed by atoms with Crippen LogP contribution in [0.25, 0.3) is 0 Å². The van der Waals surface area contributed by atoms with E-state index in [1.807, 2.05) is 24.3 Å². The zero-order valence-corrected chi connectivity index (χ0v) is 14.9. The van der Waals surface area contributed by atoms with E-state index < -0.39 is 6.10 Å². The molecular weight excluding hydrogens is 290 g/mol. The second kappa shape index (κ2) is 6.91. The smallest absolute Gasteiger partial charge is 0.263 e. The van der Waals surface area contributed by atoms with Gasteiger partial charge in [0.1, 0.15) is 5.75 Å². The molecule has 4 nitrogen and oxygen atoms in total. The van der Waals surface area contributed by atoms with E-state index in [0.717, 1.165) is 6.42 Å². The van der Waals surface area contributed by atoms with Gasteiger partial charge >= 0.3 is 0 Å². The van der Waals surface area contributed by atoms with Crippen LogP contribution >= 0.6 is 0 Å². The Morgan fingerprint density at radius 1 is 1.26 bits per heavy atom. The summed E-state index contributed by atoms with van der Waals surface area (Å²) in [5.41, 5.74) is 1.34. The fourth-order valence-electron chi connectivity index (χ4n) is 2.93. The summed E-state index contributed by atoms with van der Waals surface area (Å²) >= 11 is 0. The Hall–Kier alpha value is -1.55. The van der Waals surface area contributed by atoms with E-state index in [2.05, 4.69) is 20.8 Å². The molecule has 0 aromatic heterocycles. The maximum absolute atomic E-state index is 12.5. The van der Waals surface area contributed by atoms with Crippen LogP contribution in [0.15, 0.2) is 24.3 Å². The molecule has 1 amide bonds. The summed E-state index contributed by atoms with van der Waals surface area (Å²) in [5.74, 6) is 0.885. The number of ether oxygens (including phenoxy) is 1. The minimum atomic E-state index is -0.511. The molecular formula is C19H29NO3. The zero-order chi connectivity index (χ0) is 17.2. The predicted octanol–water partition coefficient (Wildman–Crippen LogP) is 2.98. The monoisotopic (exact) mass is 319 g/mol. The Balaban J connectivity index is 1.94. The van der Waals surface area contributed by atoms with Crippen molar-refractivity contribution in [3.05, 3.63) is 29.8 Å². The average molecular weight is 319 g/mol. The van der Waals surface area contributed by atoms with Crippen LogP contribution in [0.3, 0.4) is 0 Å². The number of amides is 1. The van der Waals surface area contributed by atoms with Gasteiger partial charge in [0, 0.05) is 19.0 Å². The van der Waals surface area contributed by atoms with Crippen molar-refractivity contribution in [3.63, 3.8) is 0 Å². The van der Waals surface area contributed by atoms with Crippen LogP contribution in [0, 0.1) is 5.92 Å². The molecule has 128 valence electrons. The third-order valence-electron chi connectivity index (χ3n) is 4.60. The van der Waals surface area contributed by atoms with Crippen molar-refractivity contribution in [2.24, 2.45) is 5.92 Å². The van der Waals surface area contributed by atoms with Gasteiger partial charge in [-0.15, -0.1) is 0 Å². The third kappa shape index (κ3) is 4.47. The lowest BCUT2D eigenvalue weighted by atomic mass is 9.87. The van der Waals surface area contributed by atoms with Gasteiger partial charge in [0.05, 0.1) is 6.10 Å². The molecule has 23 heavy (non-hydrogen) atoms. The SMILES string of the molecule is CC(Oc1ccc(C(C)(C)C)cc1)C(=O)N1CCC(C(C)O)C1. The number of hydrogen-bond acceptors (Lipinski definition) is 3. The first-order chi connectivity index (χ1) is 10.7. The van der Waals surface area contributed by atoms with Crippen molar-refractivity contribution >= 4 is 5.91 Å². The summed E-state index contributed by atoms with van der Waals surface area (Å²) in [5, 5.41) is 9.65. The highest BCUT2D eigenvalue weighted by molar-refractivity contribution is 5.81. The predicted molar refractivity (Wildman–Crippen MR) is 91.6 cm³/mol. The molecule has 0 aliphatic carbocycles. The standard InChI is InChI=1S/C19H29NO3/c1-13(21)15-10-11-20(12-15)18(22)14(2)23-17-8-6-16(7-9-17)19(3,4)5/h6-9,13-15,21H,10-12H2,1-5H3. The van der Waals surface area contributed by atoms with Gasteiger partial charge in [0.2, 0.25) is 0 Å². The number of nitrogens with zero attached hydrogens (tertiary/aromatic N) is 1. The second-order valence-corrected chi connectivity index (χ2v) is 7.61. The van der Waals surface area contributed by atoms with Crippen LogP contribution in [-0.4, -0.2) is 41.2 Å². The fraction of sp³-hybridized carbons (Fsp3) is 0.632. The molecule has 3 atom stereocenters. The van der Waals surface area contributed by atoms with Crippen LogP contribution in [0.2, 0.25) is 0 Å². The van der Waals surface area contributed by atoms with Gasteiger partial charge in [-0.05, 0) is 43.4 Å². The highest BCUT2D eigenvalue weighted by Crippen LogP contribution is 2.25. The van der Waals surface area contributed by atoms with Gasteiger partial charge in [-0.1, -0.05) is 32.9 Å². The van der Waals surface area contributed by atoms with Gasteiger partial charge in [-0.3, -0.25) is 4.79 Å². The lowest BCUT2D eigenvalue weighted by molar-refractivity contribution is -0.137. The number of hydrogen-bond donors (Lipinski definition) is 1. The lowest BCUT2D eigenvalue weighted by Gasteiger charge is -2.23. The second-order valence-electron chi connectivity index (χ2n) is 7.61. The zero-order valence-electron chi connectivity index (χ0n) is 14.9. The Morgan fingerprint density at radius 2 is 1.87 bits per heavy atom. The maximum Gasteiger partial charge on any atom is 0.263 e. The van der Waals surface area contributed by atoms with Crippen molar-refractivity contribution in [3.8, 4) is 5.75 Å². The molecule has 1 heterocycles. The molecule has 0 spiro atoms. The van der Waals surface area contributed by atoms with Crippen molar-refractivity contribution in [2.75, 3.05) is 13.1 Å². The van der Waals surface area contributed by atoms with E-state index in [-0.39, 0.29) is 23.3 Å². The molecule has 2 rings (SSSR count). The molecule has 0 bridgehead atoms. The molecule has 1 N–H and O–H groups in total. The number of benzene rings is 1. The Morgan fingerprint density at radius 3 is 2.35 bits per heavy atom. The fourth-order valence-corrected chi connectivity index (χ4v) is 2.93. The van der Waals surface area contributed by atoms with Crippen molar-refractivity contribution in [2.45, 2.75) is 58.7 Å². The van der Waals surface area contributed by atoms with E-state index >= 15 is 0 Å². The number of carbonyl (C=O) groups is 1. The number of aliphatic hydroxyl groups excluding tert-OH is 1. The Bertz CT molecular complexity index is 531. The first kappa shape index (κ1) is 17.8. The van der Waals surface area contributed by atoms with E-state index in [1.165, 1.54) is 5.56 Å². The first-order valence-corrected chi connectivity index (χ1v) is 8.42. The molecule has 0 saturated carbocycles. The quantitative estimate of drug-likeness (QED) is 0.928. The summed E-state index contributed by atoms with van der Waals surface area (Å²) in [6.45, 7) is 11.4. The largest absolute Gasteiger partial charge is 0.481 e.